The molecule has 0 unspecified atom stereocenters. The van der Waals surface area contributed by atoms with Crippen molar-refractivity contribution in [1.29, 1.82) is 0 Å². The van der Waals surface area contributed by atoms with E-state index in [0.717, 1.165) is 11.3 Å². The number of anilines is 1. The maximum absolute atomic E-state index is 12.4. The maximum Gasteiger partial charge on any atom is 0.349 e. The van der Waals surface area contributed by atoms with E-state index in [-0.39, 0.29) is 31.2 Å². The maximum atomic E-state index is 12.4. The van der Waals surface area contributed by atoms with Crippen LogP contribution in [0.1, 0.15) is 21.1 Å². The molecule has 0 aliphatic heterocycles. The number of amides is 1. The highest BCUT2D eigenvalue weighted by Crippen LogP contribution is 2.32. The predicted molar refractivity (Wildman–Crippen MR) is 110 cm³/mol. The first kappa shape index (κ1) is 20.6. The van der Waals surface area contributed by atoms with E-state index in [9.17, 15) is 14.4 Å². The first-order chi connectivity index (χ1) is 13.2. The lowest BCUT2D eigenvalue weighted by Crippen LogP contribution is -2.21. The second-order valence-corrected chi connectivity index (χ2v) is 7.98. The van der Waals surface area contributed by atoms with Gasteiger partial charge in [-0.15, -0.1) is 11.3 Å². The largest absolute Gasteiger partial charge is 0.451 e. The normalized spacial score (nSPS) is 10.9. The Morgan fingerprint density at radius 1 is 1.18 bits per heavy atom. The van der Waals surface area contributed by atoms with Crippen LogP contribution in [0.15, 0.2) is 16.9 Å². The molecule has 0 saturated heterocycles. The van der Waals surface area contributed by atoms with Gasteiger partial charge in [0.15, 0.2) is 6.61 Å². The second kappa shape index (κ2) is 8.08. The van der Waals surface area contributed by atoms with Gasteiger partial charge in [-0.1, -0.05) is 34.8 Å². The average Bonchev–Trinajstić information content (AvgIpc) is 2.94. The summed E-state index contributed by atoms with van der Waals surface area (Å²) in [6.45, 7) is 2.72. The Morgan fingerprint density at radius 2 is 1.86 bits per heavy atom. The van der Waals surface area contributed by atoms with Crippen LogP contribution in [0.2, 0.25) is 15.1 Å². The molecule has 2 N–H and O–H groups in total. The number of nitrogens with zero attached hydrogens (tertiary/aromatic N) is 1. The van der Waals surface area contributed by atoms with Gasteiger partial charge in [0.2, 0.25) is 0 Å². The standard InChI is InChI=1S/C17H12Cl3N3O4S/c1-6-13-15(25)21-7(2)22-16(13)28-14(6)17(26)27-5-12(24)23-11-4-9(19)8(18)3-10(11)20/h3-4H,5H2,1-2H3,(H,23,24)(H,21,22,25). The summed E-state index contributed by atoms with van der Waals surface area (Å²) in [5, 5.41) is 3.47. The number of aryl methyl sites for hydroxylation is 2. The highest BCUT2D eigenvalue weighted by molar-refractivity contribution is 7.20. The Balaban J connectivity index is 1.72. The van der Waals surface area contributed by atoms with Crippen LogP contribution in [0.5, 0.6) is 0 Å². The molecule has 0 aliphatic rings. The van der Waals surface area contributed by atoms with Crippen molar-refractivity contribution in [2.45, 2.75) is 13.8 Å². The number of fused-ring (bicyclic) bond motifs is 1. The Hall–Kier alpha value is -2.13. The molecule has 3 aromatic rings. The fourth-order valence-corrected chi connectivity index (χ4v) is 4.16. The quantitative estimate of drug-likeness (QED) is 0.445. The summed E-state index contributed by atoms with van der Waals surface area (Å²) >= 11 is 18.8. The van der Waals surface area contributed by atoms with E-state index in [0.29, 0.717) is 21.6 Å². The predicted octanol–water partition coefficient (Wildman–Crippen LogP) is 4.36. The molecule has 1 amide bonds. The van der Waals surface area contributed by atoms with Crippen LogP contribution < -0.4 is 10.9 Å². The van der Waals surface area contributed by atoms with Gasteiger partial charge in [0.25, 0.3) is 11.5 Å². The van der Waals surface area contributed by atoms with Gasteiger partial charge in [-0.25, -0.2) is 9.78 Å². The Kier molecular flexibility index (Phi) is 5.95. The van der Waals surface area contributed by atoms with Crippen LogP contribution in [-0.4, -0.2) is 28.5 Å². The summed E-state index contributed by atoms with van der Waals surface area (Å²) in [6.07, 6.45) is 0. The third kappa shape index (κ3) is 4.15. The van der Waals surface area contributed by atoms with Crippen molar-refractivity contribution in [3.05, 3.63) is 53.8 Å². The van der Waals surface area contributed by atoms with E-state index < -0.39 is 18.5 Å². The zero-order valence-corrected chi connectivity index (χ0v) is 17.6. The van der Waals surface area contributed by atoms with Gasteiger partial charge in [0.1, 0.15) is 15.5 Å². The van der Waals surface area contributed by atoms with E-state index in [1.54, 1.807) is 13.8 Å². The third-order valence-corrected chi connectivity index (χ3v) is 5.92. The van der Waals surface area contributed by atoms with Crippen LogP contribution in [0.3, 0.4) is 0 Å². The highest BCUT2D eigenvalue weighted by Gasteiger charge is 2.21. The molecule has 0 radical (unpaired) electrons. The molecule has 0 fully saturated rings. The number of benzene rings is 1. The fourth-order valence-electron chi connectivity index (χ4n) is 2.45. The monoisotopic (exact) mass is 459 g/mol. The number of aromatic amines is 1. The minimum absolute atomic E-state index is 0.190. The zero-order valence-electron chi connectivity index (χ0n) is 14.5. The molecule has 2 aromatic heterocycles. The van der Waals surface area contributed by atoms with Gasteiger partial charge < -0.3 is 15.0 Å². The first-order valence-corrected chi connectivity index (χ1v) is 9.74. The SMILES string of the molecule is Cc1nc2sc(C(=O)OCC(=O)Nc3cc(Cl)c(Cl)cc3Cl)c(C)c2c(=O)[nH]1. The van der Waals surface area contributed by atoms with E-state index in [2.05, 4.69) is 15.3 Å². The molecule has 3 rings (SSSR count). The van der Waals surface area contributed by atoms with Crippen molar-refractivity contribution in [2.24, 2.45) is 0 Å². The van der Waals surface area contributed by atoms with Gasteiger partial charge in [0, 0.05) is 0 Å². The topological polar surface area (TPSA) is 101 Å². The average molecular weight is 461 g/mol. The Bertz CT molecular complexity index is 1170. The number of nitrogens with one attached hydrogen (secondary N) is 2. The lowest BCUT2D eigenvalue weighted by Gasteiger charge is -2.09. The first-order valence-electron chi connectivity index (χ1n) is 7.79. The van der Waals surface area contributed by atoms with Crippen molar-refractivity contribution >= 4 is 73.9 Å². The Labute approximate surface area is 177 Å². The molecule has 7 nitrogen and oxygen atoms in total. The number of halogens is 3. The minimum atomic E-state index is -0.729. The smallest absolute Gasteiger partial charge is 0.349 e. The summed E-state index contributed by atoms with van der Waals surface area (Å²) in [5.41, 5.74) is 0.357. The van der Waals surface area contributed by atoms with E-state index in [1.807, 2.05) is 0 Å². The number of H-pyrrole nitrogens is 1. The van der Waals surface area contributed by atoms with Crippen LogP contribution in [0.4, 0.5) is 5.69 Å². The molecular formula is C17H12Cl3N3O4S. The van der Waals surface area contributed by atoms with Gasteiger partial charge in [-0.05, 0) is 31.5 Å². The number of aromatic nitrogens is 2. The summed E-state index contributed by atoms with van der Waals surface area (Å²) in [4.78, 5) is 43.9. The minimum Gasteiger partial charge on any atom is -0.451 e. The molecule has 0 saturated carbocycles. The fraction of sp³-hybridized carbons (Fsp3) is 0.176. The molecule has 146 valence electrons. The third-order valence-electron chi connectivity index (χ3n) is 3.72. The molecular weight excluding hydrogens is 449 g/mol. The van der Waals surface area contributed by atoms with Crippen molar-refractivity contribution in [3.8, 4) is 0 Å². The summed E-state index contributed by atoms with van der Waals surface area (Å²) in [6, 6.07) is 2.78. The molecule has 1 aromatic carbocycles. The van der Waals surface area contributed by atoms with Crippen molar-refractivity contribution in [2.75, 3.05) is 11.9 Å². The van der Waals surface area contributed by atoms with Crippen LogP contribution >= 0.6 is 46.1 Å². The number of carbonyl (C=O) groups is 2. The molecule has 0 bridgehead atoms. The van der Waals surface area contributed by atoms with Crippen molar-refractivity contribution in [3.63, 3.8) is 0 Å². The number of esters is 1. The number of carbonyl (C=O) groups excluding carboxylic acids is 2. The van der Waals surface area contributed by atoms with Crippen LogP contribution in [0.25, 0.3) is 10.2 Å². The molecule has 28 heavy (non-hydrogen) atoms. The highest BCUT2D eigenvalue weighted by atomic mass is 35.5. The summed E-state index contributed by atoms with van der Waals surface area (Å²) in [5.74, 6) is -0.899. The van der Waals surface area contributed by atoms with E-state index in [1.165, 1.54) is 12.1 Å². The molecule has 0 aliphatic carbocycles. The number of hydrogen-bond donors (Lipinski definition) is 2. The second-order valence-electron chi connectivity index (χ2n) is 5.76. The van der Waals surface area contributed by atoms with E-state index in [4.69, 9.17) is 39.5 Å². The van der Waals surface area contributed by atoms with Crippen molar-refractivity contribution < 1.29 is 14.3 Å². The lowest BCUT2D eigenvalue weighted by molar-refractivity contribution is -0.119. The lowest BCUT2D eigenvalue weighted by atomic mass is 10.2. The zero-order chi connectivity index (χ0) is 20.6. The number of rotatable bonds is 4. The molecule has 11 heteroatoms. The van der Waals surface area contributed by atoms with Gasteiger partial charge >= 0.3 is 5.97 Å². The van der Waals surface area contributed by atoms with Crippen molar-refractivity contribution in [1.82, 2.24) is 9.97 Å². The molecule has 0 spiro atoms. The van der Waals surface area contributed by atoms with Crippen LogP contribution in [0, 0.1) is 13.8 Å². The number of thiophene rings is 1. The molecule has 2 heterocycles. The van der Waals surface area contributed by atoms with Crippen LogP contribution in [-0.2, 0) is 9.53 Å². The van der Waals surface area contributed by atoms with E-state index >= 15 is 0 Å². The Morgan fingerprint density at radius 3 is 2.57 bits per heavy atom. The number of ether oxygens (including phenoxy) is 1. The van der Waals surface area contributed by atoms with Gasteiger partial charge in [-0.3, -0.25) is 9.59 Å². The van der Waals surface area contributed by atoms with Gasteiger partial charge in [-0.2, -0.15) is 0 Å². The molecule has 0 atom stereocenters. The van der Waals surface area contributed by atoms with Gasteiger partial charge in [0.05, 0.1) is 26.1 Å². The number of hydrogen-bond acceptors (Lipinski definition) is 6. The summed E-state index contributed by atoms with van der Waals surface area (Å²) < 4.78 is 5.05. The summed E-state index contributed by atoms with van der Waals surface area (Å²) in [7, 11) is 0.